The van der Waals surface area contributed by atoms with Crippen molar-refractivity contribution in [3.05, 3.63) is 364 Å². The van der Waals surface area contributed by atoms with Crippen LogP contribution in [0.5, 0.6) is 0 Å². The van der Waals surface area contributed by atoms with Gasteiger partial charge in [0, 0.05) is 165 Å². The molecule has 0 fully saturated rings. The number of benzene rings is 6. The molecule has 6 aromatic carbocycles. The molecule has 19 nitrogen and oxygen atoms in total. The molecule has 112 heavy (non-hydrogen) atoms. The van der Waals surface area contributed by atoms with Crippen molar-refractivity contribution < 1.29 is 28.8 Å². The van der Waals surface area contributed by atoms with Crippen LogP contribution in [0, 0.1) is 20.8 Å². The first-order valence-electron chi connectivity index (χ1n) is 37.3. The zero-order valence-corrected chi connectivity index (χ0v) is 63.2. The predicted octanol–water partition coefficient (Wildman–Crippen LogP) is 14.9. The van der Waals surface area contributed by atoms with E-state index >= 15 is 0 Å². The average molecular weight is 1480 g/mol. The highest BCUT2D eigenvalue weighted by Crippen LogP contribution is 2.33. The number of likely N-dealkylation sites (N-methyl/N-ethyl adjacent to an activating group) is 1. The molecule has 3 aliphatic rings. The predicted molar refractivity (Wildman–Crippen MR) is 436 cm³/mol. The van der Waals surface area contributed by atoms with Gasteiger partial charge in [0.15, 0.2) is 17.3 Å². The van der Waals surface area contributed by atoms with E-state index in [-0.39, 0.29) is 41.1 Å². The van der Waals surface area contributed by atoms with Crippen molar-refractivity contribution >= 4 is 46.4 Å². The molecule has 0 spiro atoms. The van der Waals surface area contributed by atoms with Gasteiger partial charge in [0.05, 0.1) is 23.1 Å². The van der Waals surface area contributed by atoms with Crippen molar-refractivity contribution in [1.29, 1.82) is 0 Å². The number of rotatable bonds is 22. The van der Waals surface area contributed by atoms with Gasteiger partial charge in [-0.15, -0.1) is 0 Å². The molecule has 1 unspecified atom stereocenters. The largest absolute Gasteiger partial charge is 0.344 e. The fraction of sp³-hybridized carbons (Fsp3) is 0.194. The van der Waals surface area contributed by atoms with Crippen molar-refractivity contribution in [3.63, 3.8) is 0 Å². The maximum absolute atomic E-state index is 13.3. The summed E-state index contributed by atoms with van der Waals surface area (Å²) in [5, 5.41) is 2.99. The van der Waals surface area contributed by atoms with Gasteiger partial charge >= 0.3 is 0 Å². The summed E-state index contributed by atoms with van der Waals surface area (Å²) in [5.74, 6) is 1.90. The van der Waals surface area contributed by atoms with E-state index in [2.05, 4.69) is 111 Å². The van der Waals surface area contributed by atoms with E-state index in [4.69, 9.17) is 15.0 Å². The molecule has 0 saturated carbocycles. The fourth-order valence-electron chi connectivity index (χ4n) is 14.3. The highest BCUT2D eigenvalue weighted by Gasteiger charge is 2.28. The average Bonchev–Trinajstić information content (AvgIpc) is 1.09. The number of carbonyl (C=O) groups is 6. The van der Waals surface area contributed by atoms with Crippen LogP contribution in [-0.2, 0) is 72.3 Å². The lowest BCUT2D eigenvalue weighted by atomic mass is 9.91. The summed E-state index contributed by atoms with van der Waals surface area (Å²) in [7, 11) is 2.01. The van der Waals surface area contributed by atoms with Gasteiger partial charge in [0.25, 0.3) is 0 Å². The van der Waals surface area contributed by atoms with Crippen LogP contribution < -0.4 is 15.1 Å². The number of hydrogen-bond acceptors (Lipinski definition) is 16. The number of ketones is 3. The lowest BCUT2D eigenvalue weighted by Crippen LogP contribution is -2.39. The molecule has 0 bridgehead atoms. The molecule has 1 atom stereocenters. The van der Waals surface area contributed by atoms with Gasteiger partial charge in [-0.25, -0.2) is 29.9 Å². The standard InChI is InChI=1S/C32H31N5O2.C31H28N4O2.C30H26N4O2/c1-4-32(39)36-29-20-37(3)19-26-16-23(9-10-27(26)29)30(38)15-22-8-7-21(2)25(14-22)17-31-34-13-11-28(35-31)24-6-5-12-33-18-24;1-3-31(37)35-15-5-7-23-18-24(10-11-28(23)35)29(36)17-22-9-8-21(2)26(16-22)19-30-33-14-12-27(34-30)25-6-4-13-32-20-25;1-3-30(36)34-14-11-22-17-23(8-9-27(22)34)28(35)16-21-7-6-20(2)25(15-21)18-29-32-13-10-26(33-29)24-5-4-12-31-19-24/h4-14,16,18,29H,1,15,17,19-20H2,2-3H3,(H,36,39);3-4,6,8-14,16,18,20H,1,5,7,15,17,19H2,2H3;3-10,12-13,15,17,19H,1,11,14,16,18H2,2H3. The Morgan fingerprint density at radius 1 is 0.446 bits per heavy atom. The Kier molecular flexibility index (Phi) is 24.5. The molecular formula is C93H85N13O6. The van der Waals surface area contributed by atoms with Gasteiger partial charge in [-0.3, -0.25) is 48.6 Å². The van der Waals surface area contributed by atoms with Gasteiger partial charge in [0.1, 0.15) is 17.5 Å². The number of pyridine rings is 3. The Morgan fingerprint density at radius 3 is 1.25 bits per heavy atom. The van der Waals surface area contributed by atoms with Crippen LogP contribution in [0.25, 0.3) is 33.8 Å². The Balaban J connectivity index is 0.000000147. The maximum atomic E-state index is 13.3. The molecule has 3 aliphatic heterocycles. The molecule has 3 amide bonds. The molecule has 15 rings (SSSR count). The lowest BCUT2D eigenvalue weighted by Gasteiger charge is -2.32. The quantitative estimate of drug-likeness (QED) is 0.0490. The van der Waals surface area contributed by atoms with Gasteiger partial charge in [-0.1, -0.05) is 86.5 Å². The molecule has 12 aromatic rings. The second-order valence-electron chi connectivity index (χ2n) is 28.2. The number of fused-ring (bicyclic) bond motifs is 3. The summed E-state index contributed by atoms with van der Waals surface area (Å²) in [5.41, 5.74) is 22.8. The first-order valence-corrected chi connectivity index (χ1v) is 37.3. The van der Waals surface area contributed by atoms with Crippen LogP contribution in [0.4, 0.5) is 11.4 Å². The number of hydrogen-bond donors (Lipinski definition) is 1. The minimum Gasteiger partial charge on any atom is -0.344 e. The summed E-state index contributed by atoms with van der Waals surface area (Å²) >= 11 is 0. The van der Waals surface area contributed by atoms with Gasteiger partial charge < -0.3 is 15.1 Å². The number of aromatic nitrogens is 9. The third-order valence-electron chi connectivity index (χ3n) is 20.3. The number of Topliss-reactive ketones (excluding diaryl/α,β-unsaturated/α-hetero) is 3. The Labute approximate surface area is 652 Å². The molecule has 6 aromatic heterocycles. The van der Waals surface area contributed by atoms with Crippen molar-refractivity contribution in [2.75, 3.05) is 36.5 Å². The molecule has 558 valence electrons. The van der Waals surface area contributed by atoms with E-state index in [1.54, 1.807) is 65.6 Å². The van der Waals surface area contributed by atoms with Crippen molar-refractivity contribution in [2.45, 2.75) is 91.1 Å². The summed E-state index contributed by atoms with van der Waals surface area (Å²) in [6.45, 7) is 19.6. The maximum Gasteiger partial charge on any atom is 0.250 e. The Hall–Kier alpha value is -13.4. The topological polar surface area (TPSA) is 240 Å². The second kappa shape index (κ2) is 35.8. The molecule has 9 heterocycles. The van der Waals surface area contributed by atoms with E-state index < -0.39 is 0 Å². The summed E-state index contributed by atoms with van der Waals surface area (Å²) < 4.78 is 0. The van der Waals surface area contributed by atoms with Crippen LogP contribution in [0.15, 0.2) is 258 Å². The molecule has 19 heteroatoms. The molecule has 1 N–H and O–H groups in total. The van der Waals surface area contributed by atoms with Crippen LogP contribution in [0.3, 0.4) is 0 Å². The highest BCUT2D eigenvalue weighted by atomic mass is 16.2. The van der Waals surface area contributed by atoms with E-state index in [9.17, 15) is 28.8 Å². The smallest absolute Gasteiger partial charge is 0.250 e. The van der Waals surface area contributed by atoms with Gasteiger partial charge in [-0.2, -0.15) is 0 Å². The minimum atomic E-state index is -0.203. The zero-order valence-electron chi connectivity index (χ0n) is 63.2. The van der Waals surface area contributed by atoms with Gasteiger partial charge in [0.2, 0.25) is 17.7 Å². The number of amides is 3. The second-order valence-corrected chi connectivity index (χ2v) is 28.2. The van der Waals surface area contributed by atoms with E-state index in [0.717, 1.165) is 161 Å². The number of nitrogens with one attached hydrogen (secondary N) is 1. The lowest BCUT2D eigenvalue weighted by molar-refractivity contribution is -0.117. The van der Waals surface area contributed by atoms with Crippen molar-refractivity contribution in [1.82, 2.24) is 55.1 Å². The van der Waals surface area contributed by atoms with Crippen LogP contribution in [-0.4, -0.2) is 112 Å². The molecule has 0 aliphatic carbocycles. The zero-order chi connectivity index (χ0) is 78.2. The molecule has 0 radical (unpaired) electrons. The SMILES string of the molecule is C=CC(=O)N1CCCc2cc(C(=O)Cc3ccc(C)c(Cc4nccc(-c5cccnc5)n4)c3)ccc21.C=CC(=O)N1CCc2cc(C(=O)Cc3ccc(C)c(Cc4nccc(-c5cccnc5)n4)c3)ccc21.C=CC(=O)NC1CN(C)Cc2cc(C(=O)Cc3ccc(C)c(Cc4nccc(-c5cccnc5)n4)c3)ccc21. The summed E-state index contributed by atoms with van der Waals surface area (Å²) in [6, 6.07) is 52.6. The first-order chi connectivity index (χ1) is 54.4. The fourth-order valence-corrected chi connectivity index (χ4v) is 14.3. The normalized spacial score (nSPS) is 13.3. The van der Waals surface area contributed by atoms with E-state index in [1.165, 1.54) is 18.2 Å². The molecule has 0 saturated heterocycles. The summed E-state index contributed by atoms with van der Waals surface area (Å²) in [4.78, 5) is 122. The number of aryl methyl sites for hydroxylation is 4. The van der Waals surface area contributed by atoms with Crippen molar-refractivity contribution in [3.8, 4) is 33.8 Å². The van der Waals surface area contributed by atoms with Crippen LogP contribution in [0.1, 0.15) is 133 Å². The highest BCUT2D eigenvalue weighted by molar-refractivity contribution is 6.05. The van der Waals surface area contributed by atoms with E-state index in [0.29, 0.717) is 74.8 Å². The first kappa shape index (κ1) is 76.8. The number of carbonyl (C=O) groups excluding carboxylic acids is 6. The van der Waals surface area contributed by atoms with Gasteiger partial charge in [-0.05, 0) is 235 Å². The molecular weight excluding hydrogens is 1400 g/mol. The monoisotopic (exact) mass is 1480 g/mol. The Morgan fingerprint density at radius 2 is 0.848 bits per heavy atom. The Bertz CT molecular complexity index is 5560. The summed E-state index contributed by atoms with van der Waals surface area (Å²) in [6.07, 6.45) is 24.9. The van der Waals surface area contributed by atoms with E-state index in [1.807, 2.05) is 141 Å². The third kappa shape index (κ3) is 19.0. The third-order valence-corrected chi connectivity index (χ3v) is 20.3. The number of nitrogens with zero attached hydrogens (tertiary/aromatic N) is 12. The van der Waals surface area contributed by atoms with Crippen LogP contribution in [0.2, 0.25) is 0 Å². The van der Waals surface area contributed by atoms with Crippen molar-refractivity contribution in [2.24, 2.45) is 0 Å². The minimum absolute atomic E-state index is 0.0518. The number of anilines is 2. The van der Waals surface area contributed by atoms with Crippen LogP contribution >= 0.6 is 0 Å².